The number of nitrogens with one attached hydrogen (secondary N) is 1. The van der Waals surface area contributed by atoms with Crippen molar-refractivity contribution in [2.24, 2.45) is 0 Å². The molecule has 0 radical (unpaired) electrons. The Morgan fingerprint density at radius 2 is 1.64 bits per heavy atom. The van der Waals surface area contributed by atoms with Crippen molar-refractivity contribution in [3.05, 3.63) is 47.2 Å². The van der Waals surface area contributed by atoms with E-state index >= 15 is 0 Å². The number of carbonyl (C=O) groups excluding carboxylic acids is 3. The minimum Gasteiger partial charge on any atom is -0.469 e. The molecule has 1 aromatic carbocycles. The van der Waals surface area contributed by atoms with Crippen LogP contribution in [0.3, 0.4) is 0 Å². The summed E-state index contributed by atoms with van der Waals surface area (Å²) in [6, 6.07) is 8.48. The normalized spacial score (nSPS) is 12.0. The third-order valence-electron chi connectivity index (χ3n) is 3.07. The van der Waals surface area contributed by atoms with Gasteiger partial charge in [0.05, 0.1) is 20.6 Å². The number of halogens is 3. The lowest BCUT2D eigenvalue weighted by atomic mass is 10.1. The predicted octanol–water partition coefficient (Wildman–Crippen LogP) is 1.90. The average Bonchev–Trinajstić information content (AvgIpc) is 2.59. The Balaban J connectivity index is 3.29. The van der Waals surface area contributed by atoms with Crippen LogP contribution in [0, 0.1) is 0 Å². The Labute approximate surface area is 141 Å². The molecule has 9 heteroatoms. The number of hydrogen-bond acceptors (Lipinski definition) is 6. The number of Topliss-reactive ketones (excluding diaryl/α,β-unsaturated/α-hetero) is 1. The number of alkyl halides is 3. The highest BCUT2D eigenvalue weighted by molar-refractivity contribution is 6.20. The van der Waals surface area contributed by atoms with Crippen molar-refractivity contribution in [1.82, 2.24) is 5.32 Å². The van der Waals surface area contributed by atoms with E-state index < -0.39 is 41.6 Å². The average molecular weight is 359 g/mol. The molecule has 136 valence electrons. The molecule has 0 aliphatic rings. The van der Waals surface area contributed by atoms with E-state index in [4.69, 9.17) is 0 Å². The van der Waals surface area contributed by atoms with Gasteiger partial charge in [-0.1, -0.05) is 30.3 Å². The van der Waals surface area contributed by atoms with Gasteiger partial charge in [0.15, 0.2) is 0 Å². The van der Waals surface area contributed by atoms with Crippen LogP contribution in [0.2, 0.25) is 0 Å². The van der Waals surface area contributed by atoms with Gasteiger partial charge in [-0.15, -0.1) is 0 Å². The second-order valence-corrected chi connectivity index (χ2v) is 4.76. The number of ether oxygens (including phenoxy) is 2. The predicted molar refractivity (Wildman–Crippen MR) is 80.0 cm³/mol. The van der Waals surface area contributed by atoms with Gasteiger partial charge in [0.1, 0.15) is 5.57 Å². The van der Waals surface area contributed by atoms with Gasteiger partial charge in [-0.25, -0.2) is 4.79 Å². The molecule has 0 heterocycles. The number of methoxy groups -OCH3 is 2. The highest BCUT2D eigenvalue weighted by Crippen LogP contribution is 2.24. The molecular weight excluding hydrogens is 343 g/mol. The van der Waals surface area contributed by atoms with Gasteiger partial charge >= 0.3 is 18.1 Å². The lowest BCUT2D eigenvalue weighted by molar-refractivity contribution is -0.168. The van der Waals surface area contributed by atoms with Crippen molar-refractivity contribution in [3.63, 3.8) is 0 Å². The molecule has 0 bridgehead atoms. The van der Waals surface area contributed by atoms with E-state index in [1.54, 1.807) is 30.3 Å². The topological polar surface area (TPSA) is 81.7 Å². The molecule has 0 amide bonds. The van der Waals surface area contributed by atoms with Gasteiger partial charge in [0.25, 0.3) is 5.78 Å². The standard InChI is InChI=1S/C16H16F3NO5/c1-24-12(21)8-11(20-9-10-6-4-3-5-7-10)13(15(23)25-2)14(22)16(17,18)19/h3-7,20H,8-9H2,1-2H3/b13-11-. The number of esters is 2. The van der Waals surface area contributed by atoms with Gasteiger partial charge in [-0.05, 0) is 5.56 Å². The van der Waals surface area contributed by atoms with Crippen LogP contribution in [-0.2, 0) is 30.4 Å². The molecule has 1 rings (SSSR count). The second kappa shape index (κ2) is 8.86. The number of benzene rings is 1. The van der Waals surface area contributed by atoms with E-state index in [0.717, 1.165) is 14.2 Å². The fourth-order valence-corrected chi connectivity index (χ4v) is 1.86. The summed E-state index contributed by atoms with van der Waals surface area (Å²) in [6.07, 6.45) is -6.03. The molecule has 0 aromatic heterocycles. The highest BCUT2D eigenvalue weighted by Gasteiger charge is 2.45. The summed E-state index contributed by atoms with van der Waals surface area (Å²) in [6.45, 7) is -0.0151. The molecule has 0 aliphatic heterocycles. The highest BCUT2D eigenvalue weighted by atomic mass is 19.4. The lowest BCUT2D eigenvalue weighted by Gasteiger charge is -2.16. The van der Waals surface area contributed by atoms with Crippen LogP contribution in [0.4, 0.5) is 13.2 Å². The smallest absolute Gasteiger partial charge is 0.455 e. The first-order valence-electron chi connectivity index (χ1n) is 6.98. The SMILES string of the molecule is COC(=O)C/C(NCc1ccccc1)=C(/C(=O)OC)C(=O)C(F)(F)F. The van der Waals surface area contributed by atoms with Crippen molar-refractivity contribution in [3.8, 4) is 0 Å². The Bertz CT molecular complexity index is 668. The first-order valence-corrected chi connectivity index (χ1v) is 6.98. The number of rotatable bonds is 7. The Kier molecular flexibility index (Phi) is 7.16. The minimum atomic E-state index is -5.31. The molecular formula is C16H16F3NO5. The molecule has 0 atom stereocenters. The van der Waals surface area contributed by atoms with Crippen molar-refractivity contribution >= 4 is 17.7 Å². The van der Waals surface area contributed by atoms with E-state index in [0.29, 0.717) is 5.56 Å². The van der Waals surface area contributed by atoms with Crippen molar-refractivity contribution in [2.45, 2.75) is 19.1 Å². The monoisotopic (exact) mass is 359 g/mol. The van der Waals surface area contributed by atoms with Gasteiger partial charge in [0.2, 0.25) is 0 Å². The first kappa shape index (κ1) is 20.2. The first-order chi connectivity index (χ1) is 11.7. The molecule has 25 heavy (non-hydrogen) atoms. The molecule has 6 nitrogen and oxygen atoms in total. The maximum atomic E-state index is 12.8. The van der Waals surface area contributed by atoms with E-state index in [9.17, 15) is 27.6 Å². The maximum absolute atomic E-state index is 12.8. The number of hydrogen-bond donors (Lipinski definition) is 1. The summed E-state index contributed by atoms with van der Waals surface area (Å²) >= 11 is 0. The zero-order valence-corrected chi connectivity index (χ0v) is 13.5. The fraction of sp³-hybridized carbons (Fsp3) is 0.312. The van der Waals surface area contributed by atoms with Crippen LogP contribution < -0.4 is 5.32 Å². The molecule has 0 fully saturated rings. The fourth-order valence-electron chi connectivity index (χ4n) is 1.86. The second-order valence-electron chi connectivity index (χ2n) is 4.76. The summed E-state index contributed by atoms with van der Waals surface area (Å²) in [7, 11) is 1.86. The lowest BCUT2D eigenvalue weighted by Crippen LogP contribution is -2.33. The summed E-state index contributed by atoms with van der Waals surface area (Å²) in [5.41, 5.74) is -1.14. The Morgan fingerprint density at radius 1 is 1.04 bits per heavy atom. The maximum Gasteiger partial charge on any atom is 0.455 e. The van der Waals surface area contributed by atoms with Crippen LogP contribution in [0.15, 0.2) is 41.6 Å². The molecule has 0 saturated heterocycles. The molecule has 0 unspecified atom stereocenters. The minimum absolute atomic E-state index is 0.0151. The number of carbonyl (C=O) groups is 3. The quantitative estimate of drug-likeness (QED) is 0.347. The summed E-state index contributed by atoms with van der Waals surface area (Å²) in [5.74, 6) is -4.83. The van der Waals surface area contributed by atoms with Gasteiger partial charge in [0, 0.05) is 12.2 Å². The molecule has 0 spiro atoms. The van der Waals surface area contributed by atoms with Crippen LogP contribution in [0.5, 0.6) is 0 Å². The Hall–Kier alpha value is -2.84. The summed E-state index contributed by atoms with van der Waals surface area (Å²) < 4.78 is 47.1. The van der Waals surface area contributed by atoms with E-state index in [2.05, 4.69) is 14.8 Å². The Morgan fingerprint density at radius 3 is 2.12 bits per heavy atom. The van der Waals surface area contributed by atoms with Crippen LogP contribution in [0.1, 0.15) is 12.0 Å². The van der Waals surface area contributed by atoms with Crippen LogP contribution >= 0.6 is 0 Å². The summed E-state index contributed by atoms with van der Waals surface area (Å²) in [5, 5.41) is 2.53. The van der Waals surface area contributed by atoms with Crippen molar-refractivity contribution in [1.29, 1.82) is 0 Å². The molecule has 0 saturated carbocycles. The summed E-state index contributed by atoms with van der Waals surface area (Å²) in [4.78, 5) is 34.8. The van der Waals surface area contributed by atoms with Crippen LogP contribution in [0.25, 0.3) is 0 Å². The van der Waals surface area contributed by atoms with Gasteiger partial charge in [-0.2, -0.15) is 13.2 Å². The van der Waals surface area contributed by atoms with E-state index in [1.807, 2.05) is 0 Å². The largest absolute Gasteiger partial charge is 0.469 e. The van der Waals surface area contributed by atoms with Gasteiger partial charge in [-0.3, -0.25) is 9.59 Å². The van der Waals surface area contributed by atoms with Crippen molar-refractivity contribution in [2.75, 3.05) is 14.2 Å². The van der Waals surface area contributed by atoms with Crippen molar-refractivity contribution < 1.29 is 37.0 Å². The molecule has 1 aromatic rings. The van der Waals surface area contributed by atoms with Crippen LogP contribution in [-0.4, -0.2) is 38.1 Å². The molecule has 1 N–H and O–H groups in total. The van der Waals surface area contributed by atoms with Gasteiger partial charge < -0.3 is 14.8 Å². The van der Waals surface area contributed by atoms with E-state index in [-0.39, 0.29) is 6.54 Å². The molecule has 0 aliphatic carbocycles. The zero-order valence-electron chi connectivity index (χ0n) is 13.5. The third kappa shape index (κ3) is 5.94. The third-order valence-corrected chi connectivity index (χ3v) is 3.07. The number of ketones is 1. The van der Waals surface area contributed by atoms with E-state index in [1.165, 1.54) is 0 Å². The zero-order chi connectivity index (χ0) is 19.0.